The van der Waals surface area contributed by atoms with E-state index in [4.69, 9.17) is 11.6 Å². The highest BCUT2D eigenvalue weighted by Crippen LogP contribution is 2.24. The molecule has 1 N–H and O–H groups in total. The van der Waals surface area contributed by atoms with E-state index in [0.29, 0.717) is 6.04 Å². The molecule has 0 aromatic heterocycles. The fourth-order valence-corrected chi connectivity index (χ4v) is 3.44. The average molecular weight is 309 g/mol. The Kier molecular flexibility index (Phi) is 6.53. The van der Waals surface area contributed by atoms with Crippen LogP contribution < -0.4 is 5.32 Å². The molecule has 1 aliphatic heterocycles. The Morgan fingerprint density at radius 1 is 1.24 bits per heavy atom. The van der Waals surface area contributed by atoms with Gasteiger partial charge in [-0.2, -0.15) is 0 Å². The number of likely N-dealkylation sites (tertiary alicyclic amines) is 1. The molecular formula is C18H29ClN2. The van der Waals surface area contributed by atoms with Crippen molar-refractivity contribution >= 4 is 11.6 Å². The number of benzene rings is 1. The molecule has 1 fully saturated rings. The Labute approximate surface area is 134 Å². The molecule has 118 valence electrons. The summed E-state index contributed by atoms with van der Waals surface area (Å²) in [5.41, 5.74) is 1.35. The first-order valence-electron chi connectivity index (χ1n) is 8.33. The lowest BCUT2D eigenvalue weighted by atomic mass is 9.94. The zero-order valence-electron chi connectivity index (χ0n) is 13.6. The summed E-state index contributed by atoms with van der Waals surface area (Å²) in [6.07, 6.45) is 3.88. The molecule has 0 bridgehead atoms. The molecule has 1 saturated heterocycles. The zero-order valence-corrected chi connectivity index (χ0v) is 14.4. The van der Waals surface area contributed by atoms with Crippen LogP contribution >= 0.6 is 11.6 Å². The van der Waals surface area contributed by atoms with Crippen molar-refractivity contribution in [3.05, 3.63) is 34.9 Å². The van der Waals surface area contributed by atoms with Gasteiger partial charge in [-0.1, -0.05) is 37.6 Å². The van der Waals surface area contributed by atoms with Crippen LogP contribution in [0.15, 0.2) is 24.3 Å². The average Bonchev–Trinajstić information content (AvgIpc) is 2.48. The van der Waals surface area contributed by atoms with Crippen LogP contribution in [0.3, 0.4) is 0 Å². The Balaban J connectivity index is 1.94. The lowest BCUT2D eigenvalue weighted by molar-refractivity contribution is 0.119. The van der Waals surface area contributed by atoms with E-state index < -0.39 is 0 Å². The Morgan fingerprint density at radius 3 is 2.62 bits per heavy atom. The molecule has 2 nitrogen and oxygen atoms in total. The molecule has 2 rings (SSSR count). The highest BCUT2D eigenvalue weighted by Gasteiger charge is 2.23. The zero-order chi connectivity index (χ0) is 15.2. The smallest absolute Gasteiger partial charge is 0.0406 e. The number of hydrogen-bond donors (Lipinski definition) is 1. The van der Waals surface area contributed by atoms with E-state index in [0.717, 1.165) is 29.9 Å². The number of rotatable bonds is 6. The van der Waals surface area contributed by atoms with Crippen molar-refractivity contribution in [1.29, 1.82) is 0 Å². The minimum Gasteiger partial charge on any atom is -0.310 e. The predicted octanol–water partition coefficient (Wildman–Crippen LogP) is 4.50. The van der Waals surface area contributed by atoms with Crippen molar-refractivity contribution in [2.45, 2.75) is 52.1 Å². The van der Waals surface area contributed by atoms with Crippen LogP contribution in [0.5, 0.6) is 0 Å². The first-order valence-corrected chi connectivity index (χ1v) is 8.70. The summed E-state index contributed by atoms with van der Waals surface area (Å²) < 4.78 is 0. The molecule has 0 saturated carbocycles. The van der Waals surface area contributed by atoms with E-state index in [1.807, 2.05) is 12.1 Å². The quantitative estimate of drug-likeness (QED) is 0.832. The molecule has 21 heavy (non-hydrogen) atoms. The molecule has 1 aromatic rings. The molecule has 1 heterocycles. The van der Waals surface area contributed by atoms with Crippen LogP contribution in [0, 0.1) is 5.92 Å². The predicted molar refractivity (Wildman–Crippen MR) is 91.9 cm³/mol. The molecule has 0 spiro atoms. The normalized spacial score (nSPS) is 25.0. The van der Waals surface area contributed by atoms with Gasteiger partial charge in [0.1, 0.15) is 0 Å². The Morgan fingerprint density at radius 2 is 1.95 bits per heavy atom. The molecule has 0 radical (unpaired) electrons. The van der Waals surface area contributed by atoms with Gasteiger partial charge in [-0.3, -0.25) is 0 Å². The molecule has 0 amide bonds. The second-order valence-electron chi connectivity index (χ2n) is 6.48. The van der Waals surface area contributed by atoms with Crippen LogP contribution in [0.25, 0.3) is 0 Å². The maximum atomic E-state index is 6.00. The second kappa shape index (κ2) is 8.17. The highest BCUT2D eigenvalue weighted by atomic mass is 35.5. The van der Waals surface area contributed by atoms with Crippen LogP contribution in [0.2, 0.25) is 5.02 Å². The van der Waals surface area contributed by atoms with Crippen LogP contribution in [0.4, 0.5) is 0 Å². The molecule has 0 aliphatic carbocycles. The van der Waals surface area contributed by atoms with Crippen LogP contribution in [-0.2, 0) is 0 Å². The van der Waals surface area contributed by atoms with Crippen LogP contribution in [-0.4, -0.2) is 30.6 Å². The second-order valence-corrected chi connectivity index (χ2v) is 6.91. The number of nitrogens with one attached hydrogen (secondary N) is 1. The maximum absolute atomic E-state index is 6.00. The Bertz CT molecular complexity index is 418. The molecule has 3 heteroatoms. The van der Waals surface area contributed by atoms with Crippen molar-refractivity contribution in [1.82, 2.24) is 10.2 Å². The van der Waals surface area contributed by atoms with Crippen LogP contribution in [0.1, 0.15) is 51.6 Å². The summed E-state index contributed by atoms with van der Waals surface area (Å²) >= 11 is 6.00. The maximum Gasteiger partial charge on any atom is 0.0406 e. The summed E-state index contributed by atoms with van der Waals surface area (Å²) in [5.74, 6) is 0.842. The third kappa shape index (κ3) is 4.98. The van der Waals surface area contributed by atoms with E-state index in [2.05, 4.69) is 43.1 Å². The lowest BCUT2D eigenvalue weighted by Crippen LogP contribution is -2.42. The first kappa shape index (κ1) is 16.8. The number of halogens is 1. The number of hydrogen-bond acceptors (Lipinski definition) is 2. The monoisotopic (exact) mass is 308 g/mol. The molecule has 1 aliphatic rings. The van der Waals surface area contributed by atoms with E-state index >= 15 is 0 Å². The lowest BCUT2D eigenvalue weighted by Gasteiger charge is -2.37. The van der Waals surface area contributed by atoms with E-state index in [9.17, 15) is 0 Å². The van der Waals surface area contributed by atoms with Crippen molar-refractivity contribution in [3.63, 3.8) is 0 Å². The summed E-state index contributed by atoms with van der Waals surface area (Å²) in [5, 5.41) is 4.43. The van der Waals surface area contributed by atoms with Crippen molar-refractivity contribution in [2.24, 2.45) is 5.92 Å². The van der Waals surface area contributed by atoms with Gasteiger partial charge in [-0.25, -0.2) is 0 Å². The number of nitrogens with zero attached hydrogens (tertiary/aromatic N) is 1. The third-order valence-corrected chi connectivity index (χ3v) is 4.93. The fraction of sp³-hybridized carbons (Fsp3) is 0.667. The third-order valence-electron chi connectivity index (χ3n) is 4.67. The minimum atomic E-state index is 0.427. The molecule has 1 aromatic carbocycles. The van der Waals surface area contributed by atoms with Gasteiger partial charge in [-0.05, 0) is 56.3 Å². The largest absolute Gasteiger partial charge is 0.310 e. The molecule has 3 atom stereocenters. The van der Waals surface area contributed by atoms with Crippen molar-refractivity contribution in [2.75, 3.05) is 19.6 Å². The highest BCUT2D eigenvalue weighted by molar-refractivity contribution is 6.30. The van der Waals surface area contributed by atoms with Gasteiger partial charge in [0.15, 0.2) is 0 Å². The first-order chi connectivity index (χ1) is 10.1. The number of piperidine rings is 1. The van der Waals surface area contributed by atoms with Gasteiger partial charge < -0.3 is 10.2 Å². The summed E-state index contributed by atoms with van der Waals surface area (Å²) in [4.78, 5) is 2.66. The molecule has 3 unspecified atom stereocenters. The van der Waals surface area contributed by atoms with Gasteiger partial charge in [0.25, 0.3) is 0 Å². The Hall–Kier alpha value is -0.570. The van der Waals surface area contributed by atoms with Crippen molar-refractivity contribution in [3.8, 4) is 0 Å². The summed E-state index contributed by atoms with van der Waals surface area (Å²) in [6.45, 7) is 10.3. The van der Waals surface area contributed by atoms with Gasteiger partial charge in [-0.15, -0.1) is 0 Å². The molecular weight excluding hydrogens is 280 g/mol. The van der Waals surface area contributed by atoms with Gasteiger partial charge in [0.2, 0.25) is 0 Å². The summed E-state index contributed by atoms with van der Waals surface area (Å²) in [7, 11) is 0. The summed E-state index contributed by atoms with van der Waals surface area (Å²) in [6, 6.07) is 9.44. The standard InChI is InChI=1S/C18H29ClN2/c1-4-20-18(16-7-9-17(19)10-8-16)11-12-21-13-14(2)5-6-15(21)3/h7-10,14-15,18,20H,4-6,11-13H2,1-3H3. The van der Waals surface area contributed by atoms with Gasteiger partial charge in [0.05, 0.1) is 0 Å². The van der Waals surface area contributed by atoms with Gasteiger partial charge in [0, 0.05) is 30.2 Å². The minimum absolute atomic E-state index is 0.427. The van der Waals surface area contributed by atoms with Crippen molar-refractivity contribution < 1.29 is 0 Å². The topological polar surface area (TPSA) is 15.3 Å². The van der Waals surface area contributed by atoms with E-state index in [-0.39, 0.29) is 0 Å². The van der Waals surface area contributed by atoms with E-state index in [1.165, 1.54) is 31.5 Å². The fourth-order valence-electron chi connectivity index (χ4n) is 3.31. The SMILES string of the molecule is CCNC(CCN1CC(C)CCC1C)c1ccc(Cl)cc1. The van der Waals surface area contributed by atoms with Gasteiger partial charge >= 0.3 is 0 Å². The van der Waals surface area contributed by atoms with E-state index in [1.54, 1.807) is 0 Å².